The van der Waals surface area contributed by atoms with Crippen LogP contribution in [0.2, 0.25) is 0 Å². The zero-order valence-corrected chi connectivity index (χ0v) is 19.6. The molecule has 1 saturated heterocycles. The van der Waals surface area contributed by atoms with E-state index in [1.165, 1.54) is 18.9 Å². The van der Waals surface area contributed by atoms with Crippen molar-refractivity contribution in [3.63, 3.8) is 0 Å². The number of amides is 3. The topological polar surface area (TPSA) is 121 Å². The van der Waals surface area contributed by atoms with E-state index in [1.54, 1.807) is 6.07 Å². The van der Waals surface area contributed by atoms with Crippen LogP contribution < -0.4 is 10.6 Å². The van der Waals surface area contributed by atoms with Crippen LogP contribution >= 0.6 is 0 Å². The Morgan fingerprint density at radius 1 is 1.09 bits per heavy atom. The fourth-order valence-corrected chi connectivity index (χ4v) is 4.22. The molecule has 1 aliphatic heterocycles. The summed E-state index contributed by atoms with van der Waals surface area (Å²) < 4.78 is 5.42. The molecule has 0 aliphatic carbocycles. The number of hydrogen-bond acceptors (Lipinski definition) is 5. The van der Waals surface area contributed by atoms with E-state index in [9.17, 15) is 19.2 Å². The Balaban J connectivity index is 1.40. The summed E-state index contributed by atoms with van der Waals surface area (Å²) in [4.78, 5) is 55.7. The molecule has 182 valence electrons. The quantitative estimate of drug-likeness (QED) is 0.428. The van der Waals surface area contributed by atoms with Gasteiger partial charge in [-0.15, -0.1) is 0 Å². The molecule has 0 radical (unpaired) electrons. The molecule has 35 heavy (non-hydrogen) atoms. The molecule has 0 spiro atoms. The van der Waals surface area contributed by atoms with Gasteiger partial charge in [-0.2, -0.15) is 0 Å². The maximum absolute atomic E-state index is 13.3. The Hall–Kier alpha value is -3.98. The van der Waals surface area contributed by atoms with Crippen molar-refractivity contribution in [2.75, 3.05) is 13.7 Å². The van der Waals surface area contributed by atoms with Crippen LogP contribution in [-0.2, 0) is 25.7 Å². The van der Waals surface area contributed by atoms with Gasteiger partial charge >= 0.3 is 0 Å². The molecule has 3 N–H and O–H groups in total. The highest BCUT2D eigenvalue weighted by molar-refractivity contribution is 6.38. The molecule has 1 fully saturated rings. The molecule has 3 atom stereocenters. The molecule has 1 unspecified atom stereocenters. The summed E-state index contributed by atoms with van der Waals surface area (Å²) in [6, 6.07) is 16.6. The number of ether oxygens (including phenoxy) is 1. The van der Waals surface area contributed by atoms with Gasteiger partial charge in [0.1, 0.15) is 11.7 Å². The lowest BCUT2D eigenvalue weighted by Crippen LogP contribution is -2.52. The Bertz CT molecular complexity index is 1210. The lowest BCUT2D eigenvalue weighted by Gasteiger charge is -2.24. The van der Waals surface area contributed by atoms with Crippen LogP contribution in [0.15, 0.2) is 60.7 Å². The number of ketones is 1. The fraction of sp³-hybridized carbons (Fsp3) is 0.308. The first-order chi connectivity index (χ1) is 16.9. The van der Waals surface area contributed by atoms with Crippen molar-refractivity contribution in [2.24, 2.45) is 0 Å². The number of aromatic amines is 1. The number of nitrogens with one attached hydrogen (secondary N) is 3. The molecule has 1 aromatic heterocycles. The minimum atomic E-state index is -1.05. The van der Waals surface area contributed by atoms with Gasteiger partial charge in [-0.05, 0) is 24.6 Å². The van der Waals surface area contributed by atoms with Gasteiger partial charge in [0.05, 0.1) is 12.1 Å². The highest BCUT2D eigenvalue weighted by Crippen LogP contribution is 2.24. The zero-order valence-electron chi connectivity index (χ0n) is 19.6. The summed E-state index contributed by atoms with van der Waals surface area (Å²) in [7, 11) is 1.53. The predicted octanol–water partition coefficient (Wildman–Crippen LogP) is 1.79. The monoisotopic (exact) mass is 476 g/mol. The number of para-hydroxylation sites is 1. The van der Waals surface area contributed by atoms with Crippen molar-refractivity contribution >= 4 is 34.4 Å². The van der Waals surface area contributed by atoms with Gasteiger partial charge < -0.3 is 25.3 Å². The summed E-state index contributed by atoms with van der Waals surface area (Å²) >= 11 is 0. The molecule has 3 aromatic rings. The smallest absolute Gasteiger partial charge is 0.289 e. The van der Waals surface area contributed by atoms with Crippen LogP contribution in [0.25, 0.3) is 10.9 Å². The number of carbonyl (C=O) groups is 4. The Labute approximate surface area is 202 Å². The van der Waals surface area contributed by atoms with Crippen molar-refractivity contribution in [2.45, 2.75) is 38.1 Å². The molecular weight excluding hydrogens is 448 g/mol. The molecule has 0 saturated carbocycles. The van der Waals surface area contributed by atoms with E-state index in [2.05, 4.69) is 15.6 Å². The van der Waals surface area contributed by atoms with E-state index >= 15 is 0 Å². The van der Waals surface area contributed by atoms with Gasteiger partial charge in [0.2, 0.25) is 11.7 Å². The van der Waals surface area contributed by atoms with Gasteiger partial charge in [0.15, 0.2) is 0 Å². The van der Waals surface area contributed by atoms with Gasteiger partial charge in [-0.1, -0.05) is 48.5 Å². The van der Waals surface area contributed by atoms with Crippen LogP contribution in [0, 0.1) is 0 Å². The van der Waals surface area contributed by atoms with Gasteiger partial charge in [0.25, 0.3) is 11.8 Å². The first-order valence-electron chi connectivity index (χ1n) is 11.4. The summed E-state index contributed by atoms with van der Waals surface area (Å²) in [5.41, 5.74) is 2.04. The highest BCUT2D eigenvalue weighted by Gasteiger charge is 2.41. The summed E-state index contributed by atoms with van der Waals surface area (Å²) in [6.07, 6.45) is -0.0330. The number of rotatable bonds is 8. The molecule has 2 heterocycles. The average Bonchev–Trinajstić information content (AvgIpc) is 3.51. The number of benzene rings is 2. The van der Waals surface area contributed by atoms with E-state index in [4.69, 9.17) is 4.74 Å². The molecule has 1 aliphatic rings. The predicted molar refractivity (Wildman–Crippen MR) is 129 cm³/mol. The number of fused-ring (bicyclic) bond motifs is 1. The number of likely N-dealkylation sites (tertiary alicyclic amines) is 1. The number of carbonyl (C=O) groups excluding carboxylic acids is 4. The Kier molecular flexibility index (Phi) is 7.26. The lowest BCUT2D eigenvalue weighted by molar-refractivity contribution is -0.140. The minimum absolute atomic E-state index is 0.205. The van der Waals surface area contributed by atoms with Crippen LogP contribution in [-0.4, -0.2) is 65.2 Å². The second-order valence-electron chi connectivity index (χ2n) is 8.60. The SMILES string of the molecule is CO[C@@H]1C[C@@H](C(=O)NC(C)C(=O)C(=O)NCc2ccccc2)N(C(=O)c2cc3ccccc3[nH]2)C1. The first kappa shape index (κ1) is 24.2. The maximum Gasteiger partial charge on any atom is 0.289 e. The average molecular weight is 477 g/mol. The number of Topliss-reactive ketones (excluding diaryl/α,β-unsaturated/α-hetero) is 1. The third-order valence-corrected chi connectivity index (χ3v) is 6.19. The van der Waals surface area contributed by atoms with E-state index in [-0.39, 0.29) is 31.5 Å². The largest absolute Gasteiger partial charge is 0.380 e. The molecule has 9 heteroatoms. The third kappa shape index (κ3) is 5.41. The van der Waals surface area contributed by atoms with Gasteiger partial charge in [-0.25, -0.2) is 0 Å². The van der Waals surface area contributed by atoms with Crippen LogP contribution in [0.3, 0.4) is 0 Å². The van der Waals surface area contributed by atoms with Crippen LogP contribution in [0.4, 0.5) is 0 Å². The number of nitrogens with zero attached hydrogens (tertiary/aromatic N) is 1. The Morgan fingerprint density at radius 3 is 2.51 bits per heavy atom. The maximum atomic E-state index is 13.3. The van der Waals surface area contributed by atoms with E-state index in [0.717, 1.165) is 16.5 Å². The second-order valence-corrected chi connectivity index (χ2v) is 8.60. The van der Waals surface area contributed by atoms with E-state index < -0.39 is 29.7 Å². The molecule has 3 amide bonds. The number of methoxy groups -OCH3 is 1. The van der Waals surface area contributed by atoms with E-state index in [0.29, 0.717) is 5.69 Å². The number of hydrogen-bond donors (Lipinski definition) is 3. The van der Waals surface area contributed by atoms with Gasteiger partial charge in [-0.3, -0.25) is 19.2 Å². The summed E-state index contributed by atoms with van der Waals surface area (Å²) in [6.45, 7) is 1.90. The Morgan fingerprint density at radius 2 is 1.80 bits per heavy atom. The highest BCUT2D eigenvalue weighted by atomic mass is 16.5. The molecule has 0 bridgehead atoms. The van der Waals surface area contributed by atoms with Crippen molar-refractivity contribution < 1.29 is 23.9 Å². The normalized spacial score (nSPS) is 18.3. The van der Waals surface area contributed by atoms with E-state index in [1.807, 2.05) is 54.6 Å². The van der Waals surface area contributed by atoms with Crippen molar-refractivity contribution in [1.82, 2.24) is 20.5 Å². The third-order valence-electron chi connectivity index (χ3n) is 6.19. The van der Waals surface area contributed by atoms with Crippen molar-refractivity contribution in [3.8, 4) is 0 Å². The number of H-pyrrole nitrogens is 1. The lowest BCUT2D eigenvalue weighted by atomic mass is 10.1. The zero-order chi connectivity index (χ0) is 24.9. The van der Waals surface area contributed by atoms with Crippen molar-refractivity contribution in [1.29, 1.82) is 0 Å². The fourth-order valence-electron chi connectivity index (χ4n) is 4.22. The molecule has 2 aromatic carbocycles. The summed E-state index contributed by atoms with van der Waals surface area (Å²) in [5.74, 6) is -2.39. The number of aromatic nitrogens is 1. The standard InChI is InChI=1S/C26H28N4O5/c1-16(23(31)25(33)27-14-17-8-4-3-5-9-17)28-24(32)22-13-19(35-2)15-30(22)26(34)21-12-18-10-6-7-11-20(18)29-21/h3-12,16,19,22,29H,13-15H2,1-2H3,(H,27,33)(H,28,32)/t16?,19-,22+/m1/s1. The van der Waals surface area contributed by atoms with Crippen LogP contribution in [0.5, 0.6) is 0 Å². The van der Waals surface area contributed by atoms with Gasteiger partial charge in [0, 0.05) is 37.5 Å². The second kappa shape index (κ2) is 10.5. The van der Waals surface area contributed by atoms with Crippen LogP contribution in [0.1, 0.15) is 29.4 Å². The first-order valence-corrected chi connectivity index (χ1v) is 11.4. The molecular formula is C26H28N4O5. The molecule has 9 nitrogen and oxygen atoms in total. The summed E-state index contributed by atoms with van der Waals surface area (Å²) in [5, 5.41) is 6.06. The minimum Gasteiger partial charge on any atom is -0.380 e. The molecule has 4 rings (SSSR count). The van der Waals surface area contributed by atoms with Crippen molar-refractivity contribution in [3.05, 3.63) is 71.9 Å².